The van der Waals surface area contributed by atoms with Gasteiger partial charge in [0, 0.05) is 0 Å². The smallest absolute Gasteiger partial charge is 0.390 e. The first-order valence-corrected chi connectivity index (χ1v) is 2.25. The van der Waals surface area contributed by atoms with E-state index in [1.807, 2.05) is 0 Å². The SMILES string of the molecule is Cn1c[c]nc1[N+](=O)[O-]. The Morgan fingerprint density at radius 1 is 2.00 bits per heavy atom. The van der Waals surface area contributed by atoms with Crippen molar-refractivity contribution < 1.29 is 4.92 Å². The van der Waals surface area contributed by atoms with Crippen molar-refractivity contribution >= 4 is 5.95 Å². The maximum absolute atomic E-state index is 9.99. The van der Waals surface area contributed by atoms with Gasteiger partial charge in [-0.1, -0.05) is 4.98 Å². The molecule has 0 aromatic carbocycles. The molecule has 0 bridgehead atoms. The number of rotatable bonds is 1. The highest BCUT2D eigenvalue weighted by Crippen LogP contribution is 2.01. The molecule has 1 radical (unpaired) electrons. The van der Waals surface area contributed by atoms with Crippen LogP contribution >= 0.6 is 0 Å². The molecule has 1 heterocycles. The van der Waals surface area contributed by atoms with Gasteiger partial charge in [-0.15, -0.1) is 0 Å². The van der Waals surface area contributed by atoms with Gasteiger partial charge in [-0.05, 0) is 4.92 Å². The molecule has 0 spiro atoms. The van der Waals surface area contributed by atoms with E-state index < -0.39 is 4.92 Å². The molecule has 5 heteroatoms. The van der Waals surface area contributed by atoms with E-state index in [1.165, 1.54) is 10.8 Å². The first-order chi connectivity index (χ1) is 4.22. The van der Waals surface area contributed by atoms with Crippen molar-refractivity contribution in [3.63, 3.8) is 0 Å². The van der Waals surface area contributed by atoms with E-state index in [9.17, 15) is 10.1 Å². The lowest BCUT2D eigenvalue weighted by molar-refractivity contribution is -0.396. The Kier molecular flexibility index (Phi) is 1.18. The highest BCUT2D eigenvalue weighted by molar-refractivity contribution is 5.03. The molecule has 0 fully saturated rings. The molecular formula is C4H4N3O2. The number of nitrogens with zero attached hydrogens (tertiary/aromatic N) is 3. The van der Waals surface area contributed by atoms with Gasteiger partial charge >= 0.3 is 5.95 Å². The summed E-state index contributed by atoms with van der Waals surface area (Å²) < 4.78 is 1.29. The van der Waals surface area contributed by atoms with Crippen LogP contribution in [0, 0.1) is 16.3 Å². The number of aryl methyl sites for hydroxylation is 1. The largest absolute Gasteiger partial charge is 0.435 e. The number of aromatic nitrogens is 2. The summed E-state index contributed by atoms with van der Waals surface area (Å²) >= 11 is 0. The maximum atomic E-state index is 9.99. The molecule has 0 atom stereocenters. The third-order valence-corrected chi connectivity index (χ3v) is 0.895. The second-order valence-corrected chi connectivity index (χ2v) is 1.54. The Morgan fingerprint density at radius 3 is 2.89 bits per heavy atom. The van der Waals surface area contributed by atoms with Gasteiger partial charge < -0.3 is 10.1 Å². The van der Waals surface area contributed by atoms with Crippen molar-refractivity contribution in [3.8, 4) is 0 Å². The molecule has 0 aliphatic rings. The average molecular weight is 126 g/mol. The lowest BCUT2D eigenvalue weighted by Crippen LogP contribution is -1.96. The number of hydrogen-bond donors (Lipinski definition) is 0. The van der Waals surface area contributed by atoms with Crippen LogP contribution < -0.4 is 0 Å². The zero-order chi connectivity index (χ0) is 6.85. The van der Waals surface area contributed by atoms with Gasteiger partial charge in [0.25, 0.3) is 0 Å². The number of hydrogen-bond acceptors (Lipinski definition) is 3. The van der Waals surface area contributed by atoms with E-state index in [0.717, 1.165) is 0 Å². The van der Waals surface area contributed by atoms with Crippen LogP contribution in [0.3, 0.4) is 0 Å². The van der Waals surface area contributed by atoms with Crippen molar-refractivity contribution in [1.82, 2.24) is 9.55 Å². The third kappa shape index (κ3) is 0.883. The van der Waals surface area contributed by atoms with Gasteiger partial charge in [0.15, 0.2) is 0 Å². The summed E-state index contributed by atoms with van der Waals surface area (Å²) in [6.07, 6.45) is 3.75. The Hall–Kier alpha value is -1.39. The predicted molar refractivity (Wildman–Crippen MR) is 28.7 cm³/mol. The summed E-state index contributed by atoms with van der Waals surface area (Å²) in [6, 6.07) is 0. The fraction of sp³-hybridized carbons (Fsp3) is 0.250. The fourth-order valence-electron chi connectivity index (χ4n) is 0.479. The summed E-state index contributed by atoms with van der Waals surface area (Å²) in [6.45, 7) is 0. The van der Waals surface area contributed by atoms with E-state index in [-0.39, 0.29) is 5.95 Å². The van der Waals surface area contributed by atoms with Gasteiger partial charge in [0.2, 0.25) is 6.20 Å². The minimum absolute atomic E-state index is 0.185. The maximum Gasteiger partial charge on any atom is 0.435 e. The second-order valence-electron chi connectivity index (χ2n) is 1.54. The first-order valence-electron chi connectivity index (χ1n) is 2.25. The zero-order valence-electron chi connectivity index (χ0n) is 4.74. The van der Waals surface area contributed by atoms with Crippen LogP contribution in [-0.4, -0.2) is 14.5 Å². The minimum atomic E-state index is -0.559. The van der Waals surface area contributed by atoms with Gasteiger partial charge in [-0.25, -0.2) is 4.57 Å². The Morgan fingerprint density at radius 2 is 2.67 bits per heavy atom. The van der Waals surface area contributed by atoms with E-state index in [0.29, 0.717) is 0 Å². The number of imidazole rings is 1. The predicted octanol–water partition coefficient (Wildman–Crippen LogP) is 0.128. The molecule has 5 nitrogen and oxygen atoms in total. The zero-order valence-corrected chi connectivity index (χ0v) is 4.74. The van der Waals surface area contributed by atoms with Crippen molar-refractivity contribution in [2.24, 2.45) is 7.05 Å². The molecule has 1 aromatic heterocycles. The highest BCUT2D eigenvalue weighted by Gasteiger charge is 2.08. The molecule has 0 aliphatic carbocycles. The Balaban J connectivity index is 3.08. The van der Waals surface area contributed by atoms with Gasteiger partial charge in [-0.3, -0.25) is 0 Å². The van der Waals surface area contributed by atoms with Crippen molar-refractivity contribution in [2.45, 2.75) is 0 Å². The van der Waals surface area contributed by atoms with Crippen LogP contribution in [-0.2, 0) is 7.05 Å². The lowest BCUT2D eigenvalue weighted by Gasteiger charge is -1.90. The van der Waals surface area contributed by atoms with Crippen LogP contribution in [0.15, 0.2) is 6.20 Å². The molecule has 0 amide bonds. The molecule has 1 aromatic rings. The summed E-state index contributed by atoms with van der Waals surface area (Å²) in [7, 11) is 1.54. The normalized spacial score (nSPS) is 9.44. The van der Waals surface area contributed by atoms with Crippen LogP contribution in [0.5, 0.6) is 0 Å². The molecule has 9 heavy (non-hydrogen) atoms. The topological polar surface area (TPSA) is 61.0 Å². The van der Waals surface area contributed by atoms with Gasteiger partial charge in [-0.2, -0.15) is 0 Å². The van der Waals surface area contributed by atoms with Crippen molar-refractivity contribution in [2.75, 3.05) is 0 Å². The van der Waals surface area contributed by atoms with Gasteiger partial charge in [0.1, 0.15) is 6.20 Å². The Labute approximate surface area is 51.1 Å². The molecule has 0 aliphatic heterocycles. The minimum Gasteiger partial charge on any atom is -0.390 e. The molecule has 1 rings (SSSR count). The fourth-order valence-corrected chi connectivity index (χ4v) is 0.479. The Bertz CT molecular complexity index is 229. The molecular weight excluding hydrogens is 122 g/mol. The summed E-state index contributed by atoms with van der Waals surface area (Å²) in [5.74, 6) is -0.185. The lowest BCUT2D eigenvalue weighted by atomic mass is 10.9. The first kappa shape index (κ1) is 5.74. The third-order valence-electron chi connectivity index (χ3n) is 0.895. The monoisotopic (exact) mass is 126 g/mol. The van der Waals surface area contributed by atoms with Crippen LogP contribution in [0.25, 0.3) is 0 Å². The highest BCUT2D eigenvalue weighted by atomic mass is 16.6. The molecule has 0 N–H and O–H groups in total. The van der Waals surface area contributed by atoms with Crippen molar-refractivity contribution in [3.05, 3.63) is 22.5 Å². The molecule has 47 valence electrons. The van der Waals surface area contributed by atoms with Crippen LogP contribution in [0.1, 0.15) is 0 Å². The van der Waals surface area contributed by atoms with Crippen molar-refractivity contribution in [1.29, 1.82) is 0 Å². The van der Waals surface area contributed by atoms with E-state index in [2.05, 4.69) is 11.2 Å². The standard InChI is InChI=1S/C4H4N3O2/c1-6-3-2-5-4(6)7(8)9/h3H,1H3. The number of nitro groups is 1. The average Bonchev–Trinajstić information content (AvgIpc) is 2.13. The van der Waals surface area contributed by atoms with E-state index in [1.54, 1.807) is 7.05 Å². The quantitative estimate of drug-likeness (QED) is 0.397. The summed E-state index contributed by atoms with van der Waals surface area (Å²) in [5.41, 5.74) is 0. The van der Waals surface area contributed by atoms with Crippen LogP contribution in [0.4, 0.5) is 5.95 Å². The van der Waals surface area contributed by atoms with E-state index >= 15 is 0 Å². The van der Waals surface area contributed by atoms with Gasteiger partial charge in [0.05, 0.1) is 7.05 Å². The second kappa shape index (κ2) is 1.85. The molecule has 0 saturated carbocycles. The molecule has 0 unspecified atom stereocenters. The van der Waals surface area contributed by atoms with E-state index in [4.69, 9.17) is 0 Å². The van der Waals surface area contributed by atoms with Crippen LogP contribution in [0.2, 0.25) is 0 Å². The molecule has 0 saturated heterocycles. The summed E-state index contributed by atoms with van der Waals surface area (Å²) in [5, 5.41) is 9.99. The summed E-state index contributed by atoms with van der Waals surface area (Å²) in [4.78, 5) is 12.8.